The molecule has 2 atom stereocenters. The predicted molar refractivity (Wildman–Crippen MR) is 171 cm³/mol. The molecule has 0 aromatic heterocycles. The van der Waals surface area contributed by atoms with Crippen molar-refractivity contribution in [2.75, 3.05) is 38.2 Å². The summed E-state index contributed by atoms with van der Waals surface area (Å²) < 4.78 is 21.5. The highest BCUT2D eigenvalue weighted by atomic mass is 35.5. The Hall–Kier alpha value is -3.00. The van der Waals surface area contributed by atoms with Gasteiger partial charge in [-0.15, -0.1) is 0 Å². The van der Waals surface area contributed by atoms with Gasteiger partial charge in [0, 0.05) is 6.42 Å². The first-order valence-electron chi connectivity index (χ1n) is 13.4. The number of carbonyl (C=O) groups excluding carboxylic acids is 4. The average molecular weight is 703 g/mol. The lowest BCUT2D eigenvalue weighted by molar-refractivity contribution is -0.407. The third-order valence-corrected chi connectivity index (χ3v) is 7.30. The van der Waals surface area contributed by atoms with Gasteiger partial charge in [0.05, 0.1) is 20.6 Å². The number of rotatable bonds is 18. The van der Waals surface area contributed by atoms with E-state index in [2.05, 4.69) is 5.73 Å². The highest BCUT2D eigenvalue weighted by Gasteiger charge is 2.21. The van der Waals surface area contributed by atoms with Crippen LogP contribution in [-0.2, 0) is 19.2 Å². The number of ether oxygens (including phenoxy) is 4. The van der Waals surface area contributed by atoms with Crippen molar-refractivity contribution in [2.45, 2.75) is 31.3 Å². The molecule has 0 fully saturated rings. The predicted octanol–water partition coefficient (Wildman–Crippen LogP) is -2.78. The zero-order valence-corrected chi connectivity index (χ0v) is 28.7. The van der Waals surface area contributed by atoms with Crippen LogP contribution in [0, 0.1) is 0 Å². The van der Waals surface area contributed by atoms with Gasteiger partial charge in [0.1, 0.15) is 6.04 Å². The van der Waals surface area contributed by atoms with Crippen LogP contribution in [0.25, 0.3) is 12.2 Å². The first-order chi connectivity index (χ1) is 20.6. The van der Waals surface area contributed by atoms with Crippen LogP contribution in [0.4, 0.5) is 0 Å². The van der Waals surface area contributed by atoms with E-state index in [0.717, 1.165) is 11.5 Å². The van der Waals surface area contributed by atoms with Gasteiger partial charge >= 0.3 is 11.9 Å². The Balaban J connectivity index is 0.00000968. The van der Waals surface area contributed by atoms with Gasteiger partial charge in [-0.1, -0.05) is 24.3 Å². The van der Waals surface area contributed by atoms with Gasteiger partial charge in [-0.2, -0.15) is 23.5 Å². The molecule has 0 spiro atoms. The molecular weight excluding hydrogens is 663 g/mol. The maximum atomic E-state index is 12.4. The van der Waals surface area contributed by atoms with Gasteiger partial charge in [-0.3, -0.25) is 9.59 Å². The molecule has 2 aromatic rings. The molecule has 0 aliphatic heterocycles. The maximum absolute atomic E-state index is 12.4. The largest absolute Gasteiger partial charge is 1.00 e. The van der Waals surface area contributed by atoms with Crippen LogP contribution >= 0.6 is 23.5 Å². The number of halogens is 2. The van der Waals surface area contributed by atoms with Crippen molar-refractivity contribution in [3.8, 4) is 23.0 Å². The van der Waals surface area contributed by atoms with Crippen molar-refractivity contribution in [2.24, 2.45) is 5.73 Å². The molecule has 0 heterocycles. The van der Waals surface area contributed by atoms with Gasteiger partial charge in [0.25, 0.3) is 0 Å². The minimum Gasteiger partial charge on any atom is -1.00 e. The Labute approximate surface area is 284 Å². The van der Waals surface area contributed by atoms with E-state index in [1.165, 1.54) is 26.4 Å². The average Bonchev–Trinajstić information content (AvgIpc) is 3.01. The standard InChI is InChI=1S/C31H38N2O8S2.2ClH/c1-38-28-17-20(7-11-26(28)40-30(36)24(32)13-15-42-3)5-9-22(34)19-23(35)10-6-21-8-12-27(29(18-21)39-2)41-31(37)25(33)14-16-43-4;;/h5-12,17-18,24-25H,13-16,19,32-33H2,1-4H3;2*1H/p-1/b9-5+,10-6+;;/t24-,25-;;/m0../s1. The van der Waals surface area contributed by atoms with Crippen LogP contribution in [0.15, 0.2) is 48.6 Å². The van der Waals surface area contributed by atoms with Crippen LogP contribution < -0.4 is 55.2 Å². The van der Waals surface area contributed by atoms with Crippen LogP contribution in [-0.4, -0.2) is 73.8 Å². The van der Waals surface area contributed by atoms with E-state index in [-0.39, 0.29) is 42.7 Å². The monoisotopic (exact) mass is 701 g/mol. The van der Waals surface area contributed by atoms with Gasteiger partial charge in [0.2, 0.25) is 0 Å². The van der Waals surface area contributed by atoms with E-state index in [9.17, 15) is 19.2 Å². The molecule has 10 nitrogen and oxygen atoms in total. The smallest absolute Gasteiger partial charge is 0.370 e. The Morgan fingerprint density at radius 1 is 0.756 bits per heavy atom. The van der Waals surface area contributed by atoms with E-state index in [1.54, 1.807) is 72.1 Å². The van der Waals surface area contributed by atoms with E-state index in [0.29, 0.717) is 35.5 Å². The maximum Gasteiger partial charge on any atom is 0.370 e. The summed E-state index contributed by atoms with van der Waals surface area (Å²) in [7, 11) is 2.89. The highest BCUT2D eigenvalue weighted by molar-refractivity contribution is 7.98. The number of ketones is 2. The topological polar surface area (TPSA) is 159 Å². The van der Waals surface area contributed by atoms with Crippen molar-refractivity contribution in [1.82, 2.24) is 0 Å². The summed E-state index contributed by atoms with van der Waals surface area (Å²) in [4.78, 5) is 49.3. The first-order valence-corrected chi connectivity index (χ1v) is 16.2. The third kappa shape index (κ3) is 14.8. The molecule has 45 heavy (non-hydrogen) atoms. The number of benzene rings is 2. The van der Waals surface area contributed by atoms with Crippen LogP contribution in [0.3, 0.4) is 0 Å². The minimum absolute atomic E-state index is 0. The first kappa shape index (κ1) is 42.0. The molecule has 0 amide bonds. The van der Waals surface area contributed by atoms with E-state index >= 15 is 0 Å². The van der Waals surface area contributed by atoms with Crippen molar-refractivity contribution in [3.05, 3.63) is 59.7 Å². The Kier molecular flexibility index (Phi) is 21.0. The summed E-state index contributed by atoms with van der Waals surface area (Å²) in [5, 5.41) is 0. The lowest BCUT2D eigenvalue weighted by Gasteiger charge is -2.13. The quantitative estimate of drug-likeness (QED) is 0.0717. The number of thioether (sulfide) groups is 2. The zero-order chi connectivity index (χ0) is 31.8. The van der Waals surface area contributed by atoms with E-state index in [1.807, 2.05) is 12.5 Å². The Morgan fingerprint density at radius 3 is 1.64 bits per heavy atom. The lowest BCUT2D eigenvalue weighted by atomic mass is 10.1. The number of esters is 2. The number of quaternary nitrogens is 1. The van der Waals surface area contributed by atoms with Gasteiger partial charge < -0.3 is 55.2 Å². The van der Waals surface area contributed by atoms with Crippen LogP contribution in [0.5, 0.6) is 23.0 Å². The molecule has 248 valence electrons. The second-order valence-electron chi connectivity index (χ2n) is 9.31. The minimum atomic E-state index is -0.742. The molecule has 0 aliphatic rings. The fraction of sp³-hybridized carbons (Fsp3) is 0.355. The molecular formula is C31H39Cl2N2O8S2-. The molecule has 0 aliphatic carbocycles. The van der Waals surface area contributed by atoms with Crippen molar-refractivity contribution >= 4 is 59.2 Å². The van der Waals surface area contributed by atoms with E-state index in [4.69, 9.17) is 24.7 Å². The molecule has 0 saturated carbocycles. The molecule has 0 unspecified atom stereocenters. The van der Waals surface area contributed by atoms with Crippen LogP contribution in [0.1, 0.15) is 30.4 Å². The fourth-order valence-electron chi connectivity index (χ4n) is 3.53. The molecule has 0 saturated heterocycles. The number of nitrogens with two attached hydrogens (primary N) is 1. The number of hydrogen-bond acceptors (Lipinski definition) is 11. The summed E-state index contributed by atoms with van der Waals surface area (Å²) in [6.07, 6.45) is 10.3. The molecule has 2 rings (SSSR count). The number of hydrogen-bond donors (Lipinski definition) is 2. The van der Waals surface area contributed by atoms with Gasteiger partial charge in [-0.05, 0) is 78.0 Å². The van der Waals surface area contributed by atoms with Crippen molar-refractivity contribution < 1.29 is 68.7 Å². The Bertz CT molecular complexity index is 1240. The van der Waals surface area contributed by atoms with Crippen molar-refractivity contribution in [1.29, 1.82) is 0 Å². The number of allylic oxidation sites excluding steroid dienone is 2. The summed E-state index contributed by atoms with van der Waals surface area (Å²) >= 11 is 3.22. The Morgan fingerprint density at radius 2 is 1.20 bits per heavy atom. The fourth-order valence-corrected chi connectivity index (χ4v) is 4.54. The second-order valence-corrected chi connectivity index (χ2v) is 11.3. The van der Waals surface area contributed by atoms with E-state index < -0.39 is 35.6 Å². The molecule has 0 bridgehead atoms. The summed E-state index contributed by atoms with van der Waals surface area (Å²) in [5.74, 6) is 0.847. The normalized spacial score (nSPS) is 12.0. The lowest BCUT2D eigenvalue weighted by Crippen LogP contribution is -3.00. The zero-order valence-electron chi connectivity index (χ0n) is 25.6. The summed E-state index contributed by atoms with van der Waals surface area (Å²) in [6, 6.07) is 8.45. The highest BCUT2D eigenvalue weighted by Crippen LogP contribution is 2.30. The van der Waals surface area contributed by atoms with Crippen molar-refractivity contribution in [3.63, 3.8) is 0 Å². The summed E-state index contributed by atoms with van der Waals surface area (Å²) in [5.41, 5.74) is 11.0. The molecule has 5 N–H and O–H groups in total. The number of carbonyl (C=O) groups is 4. The van der Waals surface area contributed by atoms with Gasteiger partial charge in [-0.25, -0.2) is 9.59 Å². The number of methoxy groups -OCH3 is 2. The van der Waals surface area contributed by atoms with Crippen LogP contribution in [0.2, 0.25) is 0 Å². The molecule has 14 heteroatoms. The summed E-state index contributed by atoms with van der Waals surface area (Å²) in [6.45, 7) is 0. The van der Waals surface area contributed by atoms with Gasteiger partial charge in [0.15, 0.2) is 40.6 Å². The second kappa shape index (κ2) is 22.5. The molecule has 0 radical (unpaired) electrons. The SMILES string of the molecule is COc1cc(/C=C/C(=O)CC(=O)/C=C/c2ccc(OC(=O)[C@@H]([NH3+])CCSC)c(OC)c2)ccc1OC(=O)[C@@H](N)CCSC.[Cl-].[Cl-]. The molecule has 2 aromatic carbocycles. The third-order valence-electron chi connectivity index (χ3n) is 6.01.